The molecule has 0 aliphatic heterocycles. The molecule has 3 aromatic carbocycles. The Balaban J connectivity index is 2.09. The van der Waals surface area contributed by atoms with Crippen LogP contribution in [0.25, 0.3) is 0 Å². The van der Waals surface area contributed by atoms with E-state index in [1.54, 1.807) is 42.5 Å². The number of nitrogens with one attached hydrogen (secondary N) is 1. The normalized spacial score (nSPS) is 12.3. The van der Waals surface area contributed by atoms with Gasteiger partial charge in [-0.25, -0.2) is 8.42 Å². The summed E-state index contributed by atoms with van der Waals surface area (Å²) in [5.41, 5.74) is 2.98. The fourth-order valence-electron chi connectivity index (χ4n) is 4.50. The van der Waals surface area contributed by atoms with Crippen LogP contribution in [0.15, 0.2) is 77.7 Å². The number of hydrogen-bond donors (Lipinski definition) is 1. The first-order chi connectivity index (χ1) is 19.3. The summed E-state index contributed by atoms with van der Waals surface area (Å²) in [7, 11) is -4.13. The van der Waals surface area contributed by atoms with Crippen molar-refractivity contribution in [2.45, 2.75) is 77.4 Å². The topological polar surface area (TPSA) is 86.8 Å². The second-order valence-electron chi connectivity index (χ2n) is 10.8. The smallest absolute Gasteiger partial charge is 0.264 e. The van der Waals surface area contributed by atoms with Gasteiger partial charge in [-0.2, -0.15) is 0 Å². The molecule has 2 amide bonds. The Morgan fingerprint density at radius 1 is 0.902 bits per heavy atom. The third-order valence-electron chi connectivity index (χ3n) is 6.85. The van der Waals surface area contributed by atoms with Gasteiger partial charge in [-0.3, -0.25) is 13.9 Å². The van der Waals surface area contributed by atoms with Crippen LogP contribution in [0.3, 0.4) is 0 Å². The highest BCUT2D eigenvalue weighted by molar-refractivity contribution is 7.92. The quantitative estimate of drug-likeness (QED) is 0.265. The Labute approximate surface area is 249 Å². The van der Waals surface area contributed by atoms with Crippen molar-refractivity contribution in [2.24, 2.45) is 0 Å². The van der Waals surface area contributed by atoms with E-state index in [0.29, 0.717) is 22.7 Å². The molecule has 0 fully saturated rings. The Morgan fingerprint density at radius 2 is 1.51 bits per heavy atom. The van der Waals surface area contributed by atoms with Crippen molar-refractivity contribution < 1.29 is 18.0 Å². The molecular formula is C32H40ClN3O4S. The Hall–Kier alpha value is -3.36. The van der Waals surface area contributed by atoms with Gasteiger partial charge in [0.05, 0.1) is 10.6 Å². The summed E-state index contributed by atoms with van der Waals surface area (Å²) in [6.45, 7) is 11.1. The van der Waals surface area contributed by atoms with Crippen molar-refractivity contribution in [1.82, 2.24) is 10.2 Å². The molecule has 41 heavy (non-hydrogen) atoms. The molecular weight excluding hydrogens is 558 g/mol. The molecule has 0 heterocycles. The van der Waals surface area contributed by atoms with Crippen LogP contribution in [0.4, 0.5) is 5.69 Å². The molecule has 0 bridgehead atoms. The summed E-state index contributed by atoms with van der Waals surface area (Å²) >= 11 is 6.45. The van der Waals surface area contributed by atoms with E-state index in [1.165, 1.54) is 17.0 Å². The highest BCUT2D eigenvalue weighted by Crippen LogP contribution is 2.27. The van der Waals surface area contributed by atoms with E-state index in [9.17, 15) is 18.0 Å². The van der Waals surface area contributed by atoms with Crippen molar-refractivity contribution in [3.05, 3.63) is 94.5 Å². The highest BCUT2D eigenvalue weighted by Gasteiger charge is 2.34. The molecule has 3 rings (SSSR count). The van der Waals surface area contributed by atoms with E-state index in [2.05, 4.69) is 19.2 Å². The van der Waals surface area contributed by atoms with Crippen LogP contribution in [0.2, 0.25) is 5.02 Å². The van der Waals surface area contributed by atoms with E-state index < -0.39 is 28.5 Å². The molecule has 0 aliphatic rings. The standard InChI is InChI=1S/C32H40ClN3O4S/c1-7-30(32(38)34-23(4)5)35(20-26-10-8-9-11-29(26)33)31(37)21-36(27-16-14-25(15-17-27)22(2)3)41(39,40)28-18-12-24(6)13-19-28/h8-19,22-23,30H,7,20-21H2,1-6H3,(H,34,38)/t30-/m1/s1. The Kier molecular flexibility index (Phi) is 11.0. The summed E-state index contributed by atoms with van der Waals surface area (Å²) in [5.74, 6) is -0.569. The first-order valence-corrected chi connectivity index (χ1v) is 15.7. The predicted molar refractivity (Wildman–Crippen MR) is 166 cm³/mol. The summed E-state index contributed by atoms with van der Waals surface area (Å²) in [4.78, 5) is 28.9. The molecule has 0 aliphatic carbocycles. The molecule has 0 saturated heterocycles. The highest BCUT2D eigenvalue weighted by atomic mass is 35.5. The second kappa shape index (κ2) is 14.0. The van der Waals surface area contributed by atoms with Gasteiger partial charge in [0.1, 0.15) is 12.6 Å². The van der Waals surface area contributed by atoms with E-state index in [1.807, 2.05) is 45.9 Å². The van der Waals surface area contributed by atoms with Crippen LogP contribution in [0, 0.1) is 6.92 Å². The van der Waals surface area contributed by atoms with Crippen LogP contribution in [-0.2, 0) is 26.2 Å². The number of amides is 2. The lowest BCUT2D eigenvalue weighted by atomic mass is 10.0. The number of carbonyl (C=O) groups is 2. The van der Waals surface area contributed by atoms with Crippen molar-refractivity contribution >= 4 is 39.1 Å². The zero-order chi connectivity index (χ0) is 30.3. The van der Waals surface area contributed by atoms with Crippen molar-refractivity contribution in [2.75, 3.05) is 10.8 Å². The number of benzene rings is 3. The second-order valence-corrected chi connectivity index (χ2v) is 13.0. The third kappa shape index (κ3) is 8.11. The lowest BCUT2D eigenvalue weighted by Crippen LogP contribution is -2.53. The van der Waals surface area contributed by atoms with Gasteiger partial charge in [0.25, 0.3) is 10.0 Å². The van der Waals surface area contributed by atoms with Crippen molar-refractivity contribution in [3.63, 3.8) is 0 Å². The fraction of sp³-hybridized carbons (Fsp3) is 0.375. The number of hydrogen-bond acceptors (Lipinski definition) is 4. The van der Waals surface area contributed by atoms with Crippen molar-refractivity contribution in [3.8, 4) is 0 Å². The van der Waals surface area contributed by atoms with Crippen LogP contribution < -0.4 is 9.62 Å². The average molecular weight is 598 g/mol. The van der Waals surface area contributed by atoms with E-state index >= 15 is 0 Å². The molecule has 0 radical (unpaired) electrons. The van der Waals surface area contributed by atoms with Crippen LogP contribution >= 0.6 is 11.6 Å². The lowest BCUT2D eigenvalue weighted by Gasteiger charge is -2.33. The average Bonchev–Trinajstić information content (AvgIpc) is 2.92. The lowest BCUT2D eigenvalue weighted by molar-refractivity contribution is -0.140. The first kappa shape index (κ1) is 32.2. The van der Waals surface area contributed by atoms with Crippen LogP contribution in [0.1, 0.15) is 63.6 Å². The Morgan fingerprint density at radius 3 is 2.05 bits per heavy atom. The zero-order valence-corrected chi connectivity index (χ0v) is 26.2. The monoisotopic (exact) mass is 597 g/mol. The number of sulfonamides is 1. The minimum atomic E-state index is -4.13. The SMILES string of the molecule is CC[C@H](C(=O)NC(C)C)N(Cc1ccccc1Cl)C(=O)CN(c1ccc(C(C)C)cc1)S(=O)(=O)c1ccc(C)cc1. The van der Waals surface area contributed by atoms with Crippen LogP contribution in [0.5, 0.6) is 0 Å². The van der Waals surface area contributed by atoms with Gasteiger partial charge in [-0.15, -0.1) is 0 Å². The molecule has 1 atom stereocenters. The molecule has 3 aromatic rings. The number of aryl methyl sites for hydroxylation is 1. The molecule has 9 heteroatoms. The summed E-state index contributed by atoms with van der Waals surface area (Å²) < 4.78 is 29.1. The van der Waals surface area contributed by atoms with Crippen molar-refractivity contribution in [1.29, 1.82) is 0 Å². The number of nitrogens with zero attached hydrogens (tertiary/aromatic N) is 2. The minimum Gasteiger partial charge on any atom is -0.352 e. The molecule has 7 nitrogen and oxygen atoms in total. The summed E-state index contributed by atoms with van der Waals surface area (Å²) in [6.07, 6.45) is 0.336. The van der Waals surface area contributed by atoms with Gasteiger partial charge in [0, 0.05) is 17.6 Å². The first-order valence-electron chi connectivity index (χ1n) is 13.9. The molecule has 0 saturated carbocycles. The largest absolute Gasteiger partial charge is 0.352 e. The maximum absolute atomic E-state index is 14.1. The summed E-state index contributed by atoms with van der Waals surface area (Å²) in [5, 5.41) is 3.35. The third-order valence-corrected chi connectivity index (χ3v) is 9.01. The predicted octanol–water partition coefficient (Wildman–Crippen LogP) is 6.30. The van der Waals surface area contributed by atoms with Gasteiger partial charge in [-0.05, 0) is 74.6 Å². The number of rotatable bonds is 12. The number of carbonyl (C=O) groups excluding carboxylic acids is 2. The molecule has 1 N–H and O–H groups in total. The van der Waals surface area contributed by atoms with Gasteiger partial charge in [-0.1, -0.05) is 80.4 Å². The minimum absolute atomic E-state index is 0.0488. The van der Waals surface area contributed by atoms with E-state index in [0.717, 1.165) is 15.4 Å². The molecule has 220 valence electrons. The van der Waals surface area contributed by atoms with E-state index in [-0.39, 0.29) is 29.3 Å². The molecule has 0 spiro atoms. The summed E-state index contributed by atoms with van der Waals surface area (Å²) in [6, 6.07) is 19.9. The van der Waals surface area contributed by atoms with Crippen LogP contribution in [-0.4, -0.2) is 43.8 Å². The Bertz CT molecular complexity index is 1440. The maximum Gasteiger partial charge on any atom is 0.264 e. The number of anilines is 1. The van der Waals surface area contributed by atoms with E-state index in [4.69, 9.17) is 11.6 Å². The zero-order valence-electron chi connectivity index (χ0n) is 24.6. The molecule has 0 aromatic heterocycles. The van der Waals surface area contributed by atoms with Gasteiger partial charge in [0.2, 0.25) is 11.8 Å². The maximum atomic E-state index is 14.1. The number of halogens is 1. The molecule has 0 unspecified atom stereocenters. The van der Waals surface area contributed by atoms with Gasteiger partial charge >= 0.3 is 0 Å². The fourth-order valence-corrected chi connectivity index (χ4v) is 6.11. The van der Waals surface area contributed by atoms with Gasteiger partial charge < -0.3 is 10.2 Å². The van der Waals surface area contributed by atoms with Gasteiger partial charge in [0.15, 0.2) is 0 Å².